The molecule has 1 aliphatic carbocycles. The number of benzene rings is 1. The number of rotatable bonds is 1. The molecule has 1 N–H and O–H groups in total. The molecule has 0 bridgehead atoms. The molecule has 0 atom stereocenters. The Kier molecular flexibility index (Phi) is 1.27. The third-order valence-electron chi connectivity index (χ3n) is 2.01. The molecule has 0 spiro atoms. The Morgan fingerprint density at radius 1 is 1.42 bits per heavy atom. The molecule has 0 radical (unpaired) electrons. The predicted octanol–water partition coefficient (Wildman–Crippen LogP) is 1.12. The summed E-state index contributed by atoms with van der Waals surface area (Å²) in [6, 6.07) is 4.90. The smallest absolute Gasteiger partial charge is 0.336 e. The molecular formula is C9H6O3. The largest absolute Gasteiger partial charge is 0.478 e. The van der Waals surface area contributed by atoms with E-state index in [4.69, 9.17) is 5.11 Å². The van der Waals surface area contributed by atoms with Crippen molar-refractivity contribution in [1.29, 1.82) is 0 Å². The minimum absolute atomic E-state index is 0.0667. The molecule has 3 heteroatoms. The summed E-state index contributed by atoms with van der Waals surface area (Å²) < 4.78 is 0. The summed E-state index contributed by atoms with van der Waals surface area (Å²) >= 11 is 0. The van der Waals surface area contributed by atoms with Crippen LogP contribution in [0.5, 0.6) is 0 Å². The van der Waals surface area contributed by atoms with Crippen molar-refractivity contribution in [3.8, 4) is 0 Å². The topological polar surface area (TPSA) is 54.4 Å². The lowest BCUT2D eigenvalue weighted by molar-refractivity contribution is 0.0690. The fourth-order valence-corrected chi connectivity index (χ4v) is 1.41. The number of carboxylic acid groups (broad SMARTS) is 1. The van der Waals surface area contributed by atoms with Crippen LogP contribution >= 0.6 is 0 Å². The van der Waals surface area contributed by atoms with E-state index in [-0.39, 0.29) is 11.3 Å². The number of hydrogen-bond donors (Lipinski definition) is 1. The lowest BCUT2D eigenvalue weighted by Gasteiger charge is -2.18. The van der Waals surface area contributed by atoms with Crippen LogP contribution in [0.25, 0.3) is 0 Å². The monoisotopic (exact) mass is 162 g/mol. The van der Waals surface area contributed by atoms with Crippen LogP contribution in [0.15, 0.2) is 18.2 Å². The van der Waals surface area contributed by atoms with Crippen LogP contribution in [0.2, 0.25) is 0 Å². The van der Waals surface area contributed by atoms with Gasteiger partial charge in [0, 0.05) is 12.0 Å². The first-order chi connectivity index (χ1) is 5.70. The second-order valence-electron chi connectivity index (χ2n) is 2.74. The Balaban J connectivity index is 2.64. The molecular weight excluding hydrogens is 156 g/mol. The standard InChI is InChI=1S/C9H6O3/c10-7-4-5-2-1-3-6(8(5)7)9(11)12/h1-3H,4H2,(H,11,12). The summed E-state index contributed by atoms with van der Waals surface area (Å²) in [7, 11) is 0. The van der Waals surface area contributed by atoms with Gasteiger partial charge < -0.3 is 5.11 Å². The van der Waals surface area contributed by atoms with Crippen LogP contribution in [-0.4, -0.2) is 16.9 Å². The third kappa shape index (κ3) is 0.763. The first-order valence-corrected chi connectivity index (χ1v) is 3.58. The van der Waals surface area contributed by atoms with Crippen LogP contribution in [0, 0.1) is 0 Å². The highest BCUT2D eigenvalue weighted by Gasteiger charge is 2.28. The van der Waals surface area contributed by atoms with E-state index < -0.39 is 5.97 Å². The Morgan fingerprint density at radius 3 is 2.67 bits per heavy atom. The van der Waals surface area contributed by atoms with Crippen molar-refractivity contribution in [2.24, 2.45) is 0 Å². The highest BCUT2D eigenvalue weighted by Crippen LogP contribution is 2.25. The zero-order chi connectivity index (χ0) is 8.72. The van der Waals surface area contributed by atoms with E-state index in [1.54, 1.807) is 12.1 Å². The molecule has 60 valence electrons. The lowest BCUT2D eigenvalue weighted by atomic mass is 9.83. The maximum Gasteiger partial charge on any atom is 0.336 e. The number of hydrogen-bond acceptors (Lipinski definition) is 2. The molecule has 0 heterocycles. The van der Waals surface area contributed by atoms with Gasteiger partial charge in [-0.3, -0.25) is 4.79 Å². The van der Waals surface area contributed by atoms with E-state index >= 15 is 0 Å². The second-order valence-corrected chi connectivity index (χ2v) is 2.74. The number of carboxylic acids is 1. The number of ketones is 1. The first-order valence-electron chi connectivity index (χ1n) is 3.58. The van der Waals surface area contributed by atoms with Gasteiger partial charge in [0.1, 0.15) is 0 Å². The minimum atomic E-state index is -1.03. The number of carbonyl (C=O) groups excluding carboxylic acids is 1. The third-order valence-corrected chi connectivity index (χ3v) is 2.01. The van der Waals surface area contributed by atoms with Crippen LogP contribution in [-0.2, 0) is 6.42 Å². The highest BCUT2D eigenvalue weighted by molar-refractivity contribution is 6.13. The van der Waals surface area contributed by atoms with Gasteiger partial charge >= 0.3 is 5.97 Å². The average molecular weight is 162 g/mol. The Bertz CT molecular complexity index is 379. The molecule has 1 aliphatic rings. The first kappa shape index (κ1) is 7.03. The molecule has 12 heavy (non-hydrogen) atoms. The van der Waals surface area contributed by atoms with Gasteiger partial charge in [-0.15, -0.1) is 0 Å². The van der Waals surface area contributed by atoms with Gasteiger partial charge in [-0.1, -0.05) is 12.1 Å². The summed E-state index contributed by atoms with van der Waals surface area (Å²) in [5.74, 6) is -1.09. The second kappa shape index (κ2) is 2.17. The molecule has 1 aromatic carbocycles. The van der Waals surface area contributed by atoms with Gasteiger partial charge in [0.15, 0.2) is 5.78 Å². The van der Waals surface area contributed by atoms with E-state index in [2.05, 4.69) is 0 Å². The summed E-state index contributed by atoms with van der Waals surface area (Å²) in [6.07, 6.45) is 0.385. The van der Waals surface area contributed by atoms with E-state index in [9.17, 15) is 9.59 Å². The van der Waals surface area contributed by atoms with Crippen molar-refractivity contribution < 1.29 is 14.7 Å². The number of aromatic carboxylic acids is 1. The maximum atomic E-state index is 11.0. The highest BCUT2D eigenvalue weighted by atomic mass is 16.4. The Hall–Kier alpha value is -1.64. The fraction of sp³-hybridized carbons (Fsp3) is 0.111. The molecule has 0 saturated heterocycles. The lowest BCUT2D eigenvalue weighted by Crippen LogP contribution is -2.22. The number of fused-ring (bicyclic) bond motifs is 1. The van der Waals surface area contributed by atoms with Crippen molar-refractivity contribution in [1.82, 2.24) is 0 Å². The van der Waals surface area contributed by atoms with Crippen molar-refractivity contribution in [2.45, 2.75) is 6.42 Å². The molecule has 0 saturated carbocycles. The molecule has 1 aromatic rings. The summed E-state index contributed by atoms with van der Waals surface area (Å²) in [5, 5.41) is 8.69. The van der Waals surface area contributed by atoms with Crippen molar-refractivity contribution in [3.05, 3.63) is 34.9 Å². The number of carbonyl (C=O) groups is 2. The van der Waals surface area contributed by atoms with Gasteiger partial charge in [0.05, 0.1) is 5.56 Å². The van der Waals surface area contributed by atoms with Crippen LogP contribution in [0.3, 0.4) is 0 Å². The Morgan fingerprint density at radius 2 is 2.17 bits per heavy atom. The maximum absolute atomic E-state index is 11.0. The van der Waals surface area contributed by atoms with Gasteiger partial charge in [0.25, 0.3) is 0 Å². The van der Waals surface area contributed by atoms with Gasteiger partial charge in [-0.25, -0.2) is 4.79 Å². The van der Waals surface area contributed by atoms with Gasteiger partial charge in [-0.05, 0) is 11.6 Å². The molecule has 0 aliphatic heterocycles. The molecule has 0 unspecified atom stereocenters. The van der Waals surface area contributed by atoms with Crippen LogP contribution < -0.4 is 0 Å². The number of Topliss-reactive ketones (excluding diaryl/α,β-unsaturated/α-hetero) is 1. The zero-order valence-corrected chi connectivity index (χ0v) is 6.20. The fourth-order valence-electron chi connectivity index (χ4n) is 1.41. The van der Waals surface area contributed by atoms with E-state index in [1.165, 1.54) is 6.07 Å². The average Bonchev–Trinajstić information content (AvgIpc) is 2.01. The van der Waals surface area contributed by atoms with Crippen molar-refractivity contribution in [2.75, 3.05) is 0 Å². The molecule has 2 rings (SSSR count). The van der Waals surface area contributed by atoms with Crippen molar-refractivity contribution in [3.63, 3.8) is 0 Å². The van der Waals surface area contributed by atoms with Crippen LogP contribution in [0.4, 0.5) is 0 Å². The Labute approximate surface area is 68.6 Å². The predicted molar refractivity (Wildman–Crippen MR) is 41.4 cm³/mol. The summed E-state index contributed by atoms with van der Waals surface area (Å²) in [6.45, 7) is 0. The normalized spacial score (nSPS) is 13.5. The minimum Gasteiger partial charge on any atom is -0.478 e. The van der Waals surface area contributed by atoms with Gasteiger partial charge in [-0.2, -0.15) is 0 Å². The van der Waals surface area contributed by atoms with E-state index in [0.29, 0.717) is 12.0 Å². The summed E-state index contributed by atoms with van der Waals surface area (Å²) in [4.78, 5) is 21.6. The van der Waals surface area contributed by atoms with Crippen molar-refractivity contribution >= 4 is 11.8 Å². The van der Waals surface area contributed by atoms with Crippen LogP contribution in [0.1, 0.15) is 26.3 Å². The van der Waals surface area contributed by atoms with E-state index in [1.807, 2.05) is 0 Å². The van der Waals surface area contributed by atoms with Gasteiger partial charge in [0.2, 0.25) is 0 Å². The zero-order valence-electron chi connectivity index (χ0n) is 6.20. The molecule has 0 aromatic heterocycles. The molecule has 0 fully saturated rings. The van der Waals surface area contributed by atoms with E-state index in [0.717, 1.165) is 5.56 Å². The molecule has 0 amide bonds. The SMILES string of the molecule is O=C(O)c1cccc2c1C(=O)C2. The summed E-state index contributed by atoms with van der Waals surface area (Å²) in [5.41, 5.74) is 1.37. The quantitative estimate of drug-likeness (QED) is 0.673. The molecule has 3 nitrogen and oxygen atoms in total.